The van der Waals surface area contributed by atoms with Crippen molar-refractivity contribution in [3.63, 3.8) is 0 Å². The Labute approximate surface area is 146 Å². The molecule has 0 amide bonds. The summed E-state index contributed by atoms with van der Waals surface area (Å²) in [6, 6.07) is 13.4. The summed E-state index contributed by atoms with van der Waals surface area (Å²) in [5.41, 5.74) is 2.67. The molecule has 1 aromatic carbocycles. The van der Waals surface area contributed by atoms with Gasteiger partial charge in [-0.25, -0.2) is 9.19 Å². The predicted molar refractivity (Wildman–Crippen MR) is 96.6 cm³/mol. The van der Waals surface area contributed by atoms with Crippen LogP contribution in [0.1, 0.15) is 30.7 Å². The molecule has 6 heteroatoms. The summed E-state index contributed by atoms with van der Waals surface area (Å²) in [7, 11) is -1.55. The number of hydrogen-bond donors (Lipinski definition) is 1. The molecular formula is C17H16BrN3OS. The third-order valence-electron chi connectivity index (χ3n) is 3.35. The van der Waals surface area contributed by atoms with Crippen LogP contribution < -0.4 is 5.14 Å². The molecule has 1 aromatic heterocycles. The number of pyridine rings is 1. The molecule has 0 fully saturated rings. The van der Waals surface area contributed by atoms with E-state index in [9.17, 15) is 9.47 Å². The minimum atomic E-state index is -1.55. The first-order valence-corrected chi connectivity index (χ1v) is 8.86. The standard InChI is InChI=1S/C17H16BrN3OS/c1-17(2,23(20)22)10-15(12-5-3-6-13(18)9-12)14-7-4-8-21-16(14)11-19/h3-10H,20H2,1-2H3. The molecule has 2 aromatic rings. The summed E-state index contributed by atoms with van der Waals surface area (Å²) in [5, 5.41) is 15.0. The van der Waals surface area contributed by atoms with E-state index in [2.05, 4.69) is 27.0 Å². The van der Waals surface area contributed by atoms with E-state index in [-0.39, 0.29) is 0 Å². The Morgan fingerprint density at radius 2 is 2.13 bits per heavy atom. The summed E-state index contributed by atoms with van der Waals surface area (Å²) in [4.78, 5) is 4.12. The van der Waals surface area contributed by atoms with Crippen molar-refractivity contribution < 1.29 is 4.21 Å². The Kier molecular flexibility index (Phi) is 5.47. The number of nitriles is 1. The average molecular weight is 390 g/mol. The van der Waals surface area contributed by atoms with Gasteiger partial charge in [0, 0.05) is 16.2 Å². The number of rotatable bonds is 4. The zero-order valence-corrected chi connectivity index (χ0v) is 15.2. The van der Waals surface area contributed by atoms with Crippen LogP contribution in [0, 0.1) is 11.3 Å². The maximum absolute atomic E-state index is 11.8. The second-order valence-corrected chi connectivity index (χ2v) is 8.04. The molecule has 2 N–H and O–H groups in total. The van der Waals surface area contributed by atoms with E-state index in [1.54, 1.807) is 26.1 Å². The van der Waals surface area contributed by atoms with Gasteiger partial charge < -0.3 is 0 Å². The van der Waals surface area contributed by atoms with Gasteiger partial charge in [-0.2, -0.15) is 5.26 Å². The van der Waals surface area contributed by atoms with Crippen LogP contribution in [0.4, 0.5) is 0 Å². The van der Waals surface area contributed by atoms with Crippen LogP contribution in [-0.4, -0.2) is 13.9 Å². The molecule has 0 aliphatic heterocycles. The van der Waals surface area contributed by atoms with Crippen molar-refractivity contribution >= 4 is 32.5 Å². The highest BCUT2D eigenvalue weighted by molar-refractivity contribution is 9.10. The number of nitrogens with two attached hydrogens (primary N) is 1. The number of aromatic nitrogens is 1. The molecular weight excluding hydrogens is 374 g/mol. The van der Waals surface area contributed by atoms with Crippen molar-refractivity contribution in [1.82, 2.24) is 4.98 Å². The van der Waals surface area contributed by atoms with Crippen molar-refractivity contribution in [2.24, 2.45) is 5.14 Å². The summed E-state index contributed by atoms with van der Waals surface area (Å²) in [6.07, 6.45) is 3.41. The molecule has 1 unspecified atom stereocenters. The summed E-state index contributed by atoms with van der Waals surface area (Å²) in [6.45, 7) is 3.59. The van der Waals surface area contributed by atoms with Gasteiger partial charge in [0.25, 0.3) is 0 Å². The second-order valence-electron chi connectivity index (χ2n) is 5.48. The lowest BCUT2D eigenvalue weighted by Gasteiger charge is -2.20. The third-order valence-corrected chi connectivity index (χ3v) is 5.00. The maximum Gasteiger partial charge on any atom is 0.148 e. The lowest BCUT2D eigenvalue weighted by atomic mass is 9.93. The van der Waals surface area contributed by atoms with Crippen LogP contribution >= 0.6 is 15.9 Å². The van der Waals surface area contributed by atoms with E-state index in [1.165, 1.54) is 0 Å². The molecule has 118 valence electrons. The molecule has 0 aliphatic carbocycles. The zero-order chi connectivity index (χ0) is 17.0. The average Bonchev–Trinajstić information content (AvgIpc) is 2.52. The normalized spacial score (nSPS) is 13.4. The fourth-order valence-electron chi connectivity index (χ4n) is 2.09. The maximum atomic E-state index is 11.8. The molecule has 0 radical (unpaired) electrons. The van der Waals surface area contributed by atoms with E-state index in [0.717, 1.165) is 15.6 Å². The monoisotopic (exact) mass is 389 g/mol. The van der Waals surface area contributed by atoms with E-state index >= 15 is 0 Å². The highest BCUT2D eigenvalue weighted by atomic mass is 79.9. The van der Waals surface area contributed by atoms with Gasteiger partial charge >= 0.3 is 0 Å². The van der Waals surface area contributed by atoms with Crippen molar-refractivity contribution in [2.75, 3.05) is 0 Å². The Morgan fingerprint density at radius 3 is 2.74 bits per heavy atom. The van der Waals surface area contributed by atoms with Gasteiger partial charge in [0.05, 0.1) is 15.7 Å². The lowest BCUT2D eigenvalue weighted by Crippen LogP contribution is -2.30. The fourth-order valence-corrected chi connectivity index (χ4v) is 2.72. The molecule has 0 bridgehead atoms. The zero-order valence-electron chi connectivity index (χ0n) is 12.8. The Balaban J connectivity index is 2.74. The predicted octanol–water partition coefficient (Wildman–Crippen LogP) is 3.55. The van der Waals surface area contributed by atoms with Crippen molar-refractivity contribution in [2.45, 2.75) is 18.6 Å². The largest absolute Gasteiger partial charge is 0.251 e. The minimum absolute atomic E-state index is 0.317. The highest BCUT2D eigenvalue weighted by Crippen LogP contribution is 2.30. The fraction of sp³-hybridized carbons (Fsp3) is 0.176. The number of halogens is 1. The van der Waals surface area contributed by atoms with E-state index in [1.807, 2.05) is 36.4 Å². The Bertz CT molecular complexity index is 825. The van der Waals surface area contributed by atoms with Crippen molar-refractivity contribution in [1.29, 1.82) is 5.26 Å². The smallest absolute Gasteiger partial charge is 0.148 e. The van der Waals surface area contributed by atoms with E-state index in [0.29, 0.717) is 11.3 Å². The van der Waals surface area contributed by atoms with E-state index in [4.69, 9.17) is 5.14 Å². The van der Waals surface area contributed by atoms with Crippen LogP contribution in [-0.2, 0) is 11.0 Å². The van der Waals surface area contributed by atoms with Gasteiger partial charge in [0.1, 0.15) is 11.8 Å². The Morgan fingerprint density at radius 1 is 1.39 bits per heavy atom. The number of nitrogens with zero attached hydrogens (tertiary/aromatic N) is 2. The third kappa shape index (κ3) is 4.14. The van der Waals surface area contributed by atoms with Gasteiger partial charge in [-0.1, -0.05) is 34.1 Å². The van der Waals surface area contributed by atoms with Gasteiger partial charge in [-0.3, -0.25) is 5.14 Å². The number of hydrogen-bond acceptors (Lipinski definition) is 3. The summed E-state index contributed by atoms with van der Waals surface area (Å²) < 4.78 is 12.0. The number of benzene rings is 1. The molecule has 2 rings (SSSR count). The minimum Gasteiger partial charge on any atom is -0.251 e. The SMILES string of the molecule is CC(C)(C=C(c1cccc(Br)c1)c1cccnc1C#N)S(N)=O. The topological polar surface area (TPSA) is 79.8 Å². The first-order valence-electron chi connectivity index (χ1n) is 6.85. The molecule has 0 spiro atoms. The molecule has 23 heavy (non-hydrogen) atoms. The second kappa shape index (κ2) is 7.18. The quantitative estimate of drug-likeness (QED) is 0.867. The molecule has 0 saturated carbocycles. The molecule has 4 nitrogen and oxygen atoms in total. The van der Waals surface area contributed by atoms with Crippen LogP contribution in [0.2, 0.25) is 0 Å². The summed E-state index contributed by atoms with van der Waals surface area (Å²) in [5.74, 6) is 0. The van der Waals surface area contributed by atoms with Crippen molar-refractivity contribution in [3.8, 4) is 6.07 Å². The van der Waals surface area contributed by atoms with Crippen molar-refractivity contribution in [3.05, 3.63) is 70.0 Å². The van der Waals surface area contributed by atoms with Gasteiger partial charge in [0.2, 0.25) is 0 Å². The van der Waals surface area contributed by atoms with Crippen LogP contribution in [0.5, 0.6) is 0 Å². The lowest BCUT2D eigenvalue weighted by molar-refractivity contribution is 0.664. The molecule has 1 heterocycles. The molecule has 1 atom stereocenters. The van der Waals surface area contributed by atoms with E-state index < -0.39 is 15.7 Å². The van der Waals surface area contributed by atoms with Crippen LogP contribution in [0.3, 0.4) is 0 Å². The van der Waals surface area contributed by atoms with Gasteiger partial charge in [-0.05, 0) is 49.2 Å². The first kappa shape index (κ1) is 17.5. The highest BCUT2D eigenvalue weighted by Gasteiger charge is 2.23. The van der Waals surface area contributed by atoms with Gasteiger partial charge in [-0.15, -0.1) is 0 Å². The Hall–Kier alpha value is -1.81. The molecule has 0 saturated heterocycles. The van der Waals surface area contributed by atoms with Crippen LogP contribution in [0.15, 0.2) is 53.1 Å². The molecule has 0 aliphatic rings. The summed E-state index contributed by atoms with van der Waals surface area (Å²) >= 11 is 3.45. The first-order chi connectivity index (χ1) is 10.8. The van der Waals surface area contributed by atoms with Gasteiger partial charge in [0.15, 0.2) is 0 Å². The van der Waals surface area contributed by atoms with Crippen LogP contribution in [0.25, 0.3) is 5.57 Å².